The van der Waals surface area contributed by atoms with Crippen LogP contribution in [0.2, 0.25) is 0 Å². The van der Waals surface area contributed by atoms with Gasteiger partial charge >= 0.3 is 0 Å². The number of nitrogens with two attached hydrogens (primary N) is 1. The van der Waals surface area contributed by atoms with Gasteiger partial charge < -0.3 is 21.3 Å². The maximum Gasteiger partial charge on any atom is 0.222 e. The van der Waals surface area contributed by atoms with Gasteiger partial charge in [-0.15, -0.1) is 0 Å². The van der Waals surface area contributed by atoms with Crippen LogP contribution in [0.25, 0.3) is 0 Å². The SMILES string of the molecule is CC(=O)SCC1CC(=O)N(CCNCCNCCN)C1. The van der Waals surface area contributed by atoms with Gasteiger partial charge in [-0.2, -0.15) is 0 Å². The molecule has 1 unspecified atom stereocenters. The maximum absolute atomic E-state index is 11.8. The number of nitrogens with one attached hydrogen (secondary N) is 2. The first-order valence-electron chi connectivity index (χ1n) is 7.16. The predicted octanol–water partition coefficient (Wildman–Crippen LogP) is -0.747. The first kappa shape index (κ1) is 17.4. The number of hydrogen-bond acceptors (Lipinski definition) is 6. The summed E-state index contributed by atoms with van der Waals surface area (Å²) in [6.07, 6.45) is 0.582. The molecule has 1 fully saturated rings. The maximum atomic E-state index is 11.8. The number of hydrogen-bond donors (Lipinski definition) is 3. The minimum Gasteiger partial charge on any atom is -0.341 e. The van der Waals surface area contributed by atoms with Gasteiger partial charge in [0.1, 0.15) is 0 Å². The first-order valence-corrected chi connectivity index (χ1v) is 8.14. The molecular weight excluding hydrogens is 276 g/mol. The molecule has 1 saturated heterocycles. The van der Waals surface area contributed by atoms with Crippen LogP contribution in [0.15, 0.2) is 0 Å². The minimum atomic E-state index is 0.127. The molecule has 0 saturated carbocycles. The van der Waals surface area contributed by atoms with Crippen molar-refractivity contribution in [3.8, 4) is 0 Å². The van der Waals surface area contributed by atoms with Gasteiger partial charge in [-0.25, -0.2) is 0 Å². The van der Waals surface area contributed by atoms with Gasteiger partial charge in [0.25, 0.3) is 0 Å². The van der Waals surface area contributed by atoms with Gasteiger partial charge in [0.05, 0.1) is 0 Å². The fourth-order valence-corrected chi connectivity index (χ4v) is 2.85. The molecule has 1 amide bonds. The van der Waals surface area contributed by atoms with Gasteiger partial charge in [0.2, 0.25) is 5.91 Å². The molecule has 4 N–H and O–H groups in total. The van der Waals surface area contributed by atoms with E-state index in [-0.39, 0.29) is 11.0 Å². The summed E-state index contributed by atoms with van der Waals surface area (Å²) in [7, 11) is 0. The van der Waals surface area contributed by atoms with Crippen LogP contribution in [0.5, 0.6) is 0 Å². The lowest BCUT2D eigenvalue weighted by Gasteiger charge is -2.17. The molecule has 116 valence electrons. The van der Waals surface area contributed by atoms with Gasteiger partial charge in [0, 0.05) is 64.9 Å². The van der Waals surface area contributed by atoms with Crippen LogP contribution >= 0.6 is 11.8 Å². The summed E-state index contributed by atoms with van der Waals surface area (Å²) in [6, 6.07) is 0. The number of carbonyl (C=O) groups excluding carboxylic acids is 2. The normalized spacial score (nSPS) is 18.8. The van der Waals surface area contributed by atoms with E-state index >= 15 is 0 Å². The zero-order valence-electron chi connectivity index (χ0n) is 12.2. The lowest BCUT2D eigenvalue weighted by atomic mass is 10.1. The lowest BCUT2D eigenvalue weighted by molar-refractivity contribution is -0.127. The smallest absolute Gasteiger partial charge is 0.222 e. The summed E-state index contributed by atoms with van der Waals surface area (Å²) in [5.74, 6) is 1.29. The molecule has 0 aromatic rings. The molecule has 1 rings (SSSR count). The molecule has 0 aliphatic carbocycles. The molecule has 6 nitrogen and oxygen atoms in total. The molecule has 1 heterocycles. The van der Waals surface area contributed by atoms with Gasteiger partial charge in [0.15, 0.2) is 5.12 Å². The van der Waals surface area contributed by atoms with Crippen LogP contribution in [0.4, 0.5) is 0 Å². The second-order valence-electron chi connectivity index (χ2n) is 5.00. The number of nitrogens with zero attached hydrogens (tertiary/aromatic N) is 1. The molecule has 0 aromatic heterocycles. The van der Waals surface area contributed by atoms with E-state index in [2.05, 4.69) is 10.6 Å². The third kappa shape index (κ3) is 7.23. The zero-order chi connectivity index (χ0) is 14.8. The van der Waals surface area contributed by atoms with Crippen LogP contribution in [0.1, 0.15) is 13.3 Å². The number of rotatable bonds is 10. The van der Waals surface area contributed by atoms with Crippen molar-refractivity contribution in [2.75, 3.05) is 51.6 Å². The summed E-state index contributed by atoms with van der Waals surface area (Å²) >= 11 is 1.32. The zero-order valence-corrected chi connectivity index (χ0v) is 13.0. The summed E-state index contributed by atoms with van der Waals surface area (Å²) in [4.78, 5) is 24.6. The highest BCUT2D eigenvalue weighted by Crippen LogP contribution is 2.21. The van der Waals surface area contributed by atoms with E-state index in [0.29, 0.717) is 18.9 Å². The Balaban J connectivity index is 2.06. The van der Waals surface area contributed by atoms with Crippen molar-refractivity contribution in [3.63, 3.8) is 0 Å². The van der Waals surface area contributed by atoms with E-state index in [9.17, 15) is 9.59 Å². The molecule has 0 aromatic carbocycles. The molecule has 0 spiro atoms. The molecule has 0 radical (unpaired) electrons. The largest absolute Gasteiger partial charge is 0.341 e. The molecule has 20 heavy (non-hydrogen) atoms. The van der Waals surface area contributed by atoms with E-state index < -0.39 is 0 Å². The Hall–Kier alpha value is -0.630. The summed E-state index contributed by atoms with van der Waals surface area (Å²) in [5, 5.41) is 6.63. The van der Waals surface area contributed by atoms with E-state index in [0.717, 1.165) is 45.0 Å². The van der Waals surface area contributed by atoms with Gasteiger partial charge in [-0.3, -0.25) is 9.59 Å². The van der Waals surface area contributed by atoms with Gasteiger partial charge in [-0.1, -0.05) is 11.8 Å². The summed E-state index contributed by atoms with van der Waals surface area (Å²) in [5.41, 5.74) is 5.37. The second-order valence-corrected chi connectivity index (χ2v) is 6.20. The minimum absolute atomic E-state index is 0.127. The van der Waals surface area contributed by atoms with Gasteiger partial charge in [-0.05, 0) is 5.92 Å². The number of likely N-dealkylation sites (tertiary alicyclic amines) is 1. The quantitative estimate of drug-likeness (QED) is 0.460. The van der Waals surface area contributed by atoms with Crippen LogP contribution in [0, 0.1) is 5.92 Å². The standard InChI is InChI=1S/C13H26N4O2S/c1-11(18)20-10-12-8-13(19)17(9-12)7-6-16-5-4-15-3-2-14/h12,15-16H,2-10,14H2,1H3. The van der Waals surface area contributed by atoms with Crippen molar-refractivity contribution in [1.29, 1.82) is 0 Å². The summed E-state index contributed by atoms with van der Waals surface area (Å²) < 4.78 is 0. The number of carbonyl (C=O) groups is 2. The average molecular weight is 302 g/mol. The van der Waals surface area contributed by atoms with Crippen molar-refractivity contribution < 1.29 is 9.59 Å². The lowest BCUT2D eigenvalue weighted by Crippen LogP contribution is -2.36. The highest BCUT2D eigenvalue weighted by molar-refractivity contribution is 8.13. The average Bonchev–Trinajstić information content (AvgIpc) is 2.76. The molecule has 1 aliphatic rings. The van der Waals surface area contributed by atoms with Crippen molar-refractivity contribution >= 4 is 22.8 Å². The van der Waals surface area contributed by atoms with Crippen LogP contribution in [-0.4, -0.2) is 67.5 Å². The number of thioether (sulfide) groups is 1. The highest BCUT2D eigenvalue weighted by Gasteiger charge is 2.29. The Kier molecular flexibility index (Phi) is 8.84. The van der Waals surface area contributed by atoms with E-state index in [1.54, 1.807) is 6.92 Å². The fourth-order valence-electron chi connectivity index (χ4n) is 2.16. The Morgan fingerprint density at radius 3 is 2.70 bits per heavy atom. The monoisotopic (exact) mass is 302 g/mol. The molecule has 1 atom stereocenters. The highest BCUT2D eigenvalue weighted by atomic mass is 32.2. The predicted molar refractivity (Wildman–Crippen MR) is 82.6 cm³/mol. The summed E-state index contributed by atoms with van der Waals surface area (Å²) in [6.45, 7) is 7.17. The number of amides is 1. The second kappa shape index (κ2) is 10.1. The van der Waals surface area contributed by atoms with Crippen LogP contribution < -0.4 is 16.4 Å². The topological polar surface area (TPSA) is 87.5 Å². The molecule has 1 aliphatic heterocycles. The van der Waals surface area contributed by atoms with Crippen molar-refractivity contribution in [2.24, 2.45) is 11.7 Å². The van der Waals surface area contributed by atoms with E-state index in [1.165, 1.54) is 11.8 Å². The van der Waals surface area contributed by atoms with Crippen molar-refractivity contribution in [3.05, 3.63) is 0 Å². The van der Waals surface area contributed by atoms with E-state index in [4.69, 9.17) is 5.73 Å². The van der Waals surface area contributed by atoms with Crippen molar-refractivity contribution in [1.82, 2.24) is 15.5 Å². The third-order valence-corrected chi connectivity index (χ3v) is 4.22. The Morgan fingerprint density at radius 2 is 2.05 bits per heavy atom. The molecular formula is C13H26N4O2S. The fraction of sp³-hybridized carbons (Fsp3) is 0.846. The van der Waals surface area contributed by atoms with Crippen LogP contribution in [-0.2, 0) is 9.59 Å². The molecule has 0 bridgehead atoms. The molecule has 7 heteroatoms. The van der Waals surface area contributed by atoms with Crippen LogP contribution in [0.3, 0.4) is 0 Å². The first-order chi connectivity index (χ1) is 9.63. The Labute approximate surface area is 125 Å². The Morgan fingerprint density at radius 1 is 1.35 bits per heavy atom. The van der Waals surface area contributed by atoms with E-state index in [1.807, 2.05) is 4.90 Å². The van der Waals surface area contributed by atoms with Crippen molar-refractivity contribution in [2.45, 2.75) is 13.3 Å². The Bertz CT molecular complexity index is 315. The third-order valence-electron chi connectivity index (χ3n) is 3.18.